The summed E-state index contributed by atoms with van der Waals surface area (Å²) in [6.07, 6.45) is 6.61. The Bertz CT molecular complexity index is 647. The first kappa shape index (κ1) is 15.9. The van der Waals surface area contributed by atoms with Gasteiger partial charge in [-0.2, -0.15) is 0 Å². The van der Waals surface area contributed by atoms with Gasteiger partial charge in [0.1, 0.15) is 12.1 Å². The molecule has 0 saturated heterocycles. The first-order valence-corrected chi connectivity index (χ1v) is 8.49. The van der Waals surface area contributed by atoms with Crippen molar-refractivity contribution in [3.8, 4) is 0 Å². The molecule has 0 aliphatic heterocycles. The van der Waals surface area contributed by atoms with Crippen LogP contribution in [0.5, 0.6) is 0 Å². The number of rotatable bonds is 6. The van der Waals surface area contributed by atoms with Crippen LogP contribution in [0.25, 0.3) is 11.0 Å². The van der Waals surface area contributed by atoms with Gasteiger partial charge >= 0.3 is 0 Å². The first-order chi connectivity index (χ1) is 11.2. The SMILES string of the molecule is CN(CCNC(=O)Cn1nnc2ccccc21)C1CCCCC1. The Morgan fingerprint density at radius 1 is 1.30 bits per heavy atom. The van der Waals surface area contributed by atoms with Gasteiger partial charge in [-0.3, -0.25) is 4.79 Å². The molecular weight excluding hydrogens is 290 g/mol. The van der Waals surface area contributed by atoms with E-state index in [4.69, 9.17) is 0 Å². The average Bonchev–Trinajstić information content (AvgIpc) is 2.99. The Morgan fingerprint density at radius 3 is 2.91 bits per heavy atom. The van der Waals surface area contributed by atoms with Crippen molar-refractivity contribution in [2.75, 3.05) is 20.1 Å². The predicted molar refractivity (Wildman–Crippen MR) is 90.0 cm³/mol. The van der Waals surface area contributed by atoms with Crippen molar-refractivity contribution in [3.63, 3.8) is 0 Å². The second kappa shape index (κ2) is 7.55. The molecule has 1 saturated carbocycles. The monoisotopic (exact) mass is 315 g/mol. The molecule has 6 heteroatoms. The topological polar surface area (TPSA) is 63.1 Å². The van der Waals surface area contributed by atoms with E-state index in [0.717, 1.165) is 17.6 Å². The summed E-state index contributed by atoms with van der Waals surface area (Å²) in [4.78, 5) is 14.5. The lowest BCUT2D eigenvalue weighted by atomic mass is 9.94. The number of nitrogens with zero attached hydrogens (tertiary/aromatic N) is 4. The Labute approximate surface area is 136 Å². The molecule has 23 heavy (non-hydrogen) atoms. The number of likely N-dealkylation sites (N-methyl/N-ethyl adjacent to an activating group) is 1. The van der Waals surface area contributed by atoms with Gasteiger partial charge < -0.3 is 10.2 Å². The quantitative estimate of drug-likeness (QED) is 0.883. The first-order valence-electron chi connectivity index (χ1n) is 8.49. The van der Waals surface area contributed by atoms with Crippen LogP contribution in [0.1, 0.15) is 32.1 Å². The van der Waals surface area contributed by atoms with Gasteiger partial charge in [0.2, 0.25) is 5.91 Å². The minimum atomic E-state index is -0.0160. The minimum Gasteiger partial charge on any atom is -0.353 e. The number of amides is 1. The molecular formula is C17H25N5O. The molecule has 1 amide bonds. The molecule has 1 aliphatic carbocycles. The molecule has 6 nitrogen and oxygen atoms in total. The number of hydrogen-bond acceptors (Lipinski definition) is 4. The normalized spacial score (nSPS) is 16.1. The van der Waals surface area contributed by atoms with Gasteiger partial charge in [-0.25, -0.2) is 4.68 Å². The van der Waals surface area contributed by atoms with Crippen LogP contribution in [0.2, 0.25) is 0 Å². The summed E-state index contributed by atoms with van der Waals surface area (Å²) in [5.41, 5.74) is 1.71. The van der Waals surface area contributed by atoms with Crippen molar-refractivity contribution >= 4 is 16.9 Å². The molecule has 3 rings (SSSR count). The predicted octanol–water partition coefficient (Wildman–Crippen LogP) is 1.81. The number of carbonyl (C=O) groups excluding carboxylic acids is 1. The number of para-hydroxylation sites is 1. The smallest absolute Gasteiger partial charge is 0.241 e. The highest BCUT2D eigenvalue weighted by molar-refractivity contribution is 5.79. The molecule has 1 aromatic carbocycles. The zero-order valence-corrected chi connectivity index (χ0v) is 13.7. The number of carbonyl (C=O) groups is 1. The van der Waals surface area contributed by atoms with Crippen LogP contribution in [-0.2, 0) is 11.3 Å². The van der Waals surface area contributed by atoms with Crippen LogP contribution in [-0.4, -0.2) is 52.0 Å². The van der Waals surface area contributed by atoms with Crippen LogP contribution >= 0.6 is 0 Å². The largest absolute Gasteiger partial charge is 0.353 e. The fourth-order valence-electron chi connectivity index (χ4n) is 3.30. The van der Waals surface area contributed by atoms with Crippen molar-refractivity contribution in [3.05, 3.63) is 24.3 Å². The van der Waals surface area contributed by atoms with E-state index in [2.05, 4.69) is 27.6 Å². The van der Waals surface area contributed by atoms with Gasteiger partial charge in [-0.1, -0.05) is 36.6 Å². The van der Waals surface area contributed by atoms with E-state index in [-0.39, 0.29) is 12.5 Å². The second-order valence-corrected chi connectivity index (χ2v) is 6.36. The van der Waals surface area contributed by atoms with Crippen molar-refractivity contribution in [2.45, 2.75) is 44.7 Å². The summed E-state index contributed by atoms with van der Waals surface area (Å²) < 4.78 is 1.65. The van der Waals surface area contributed by atoms with E-state index in [9.17, 15) is 4.79 Å². The standard InChI is InChI=1S/C17H25N5O/c1-21(14-7-3-2-4-8-14)12-11-18-17(23)13-22-16-10-6-5-9-15(16)19-20-22/h5-6,9-10,14H,2-4,7-8,11-13H2,1H3,(H,18,23). The molecule has 0 atom stereocenters. The maximum Gasteiger partial charge on any atom is 0.241 e. The lowest BCUT2D eigenvalue weighted by molar-refractivity contribution is -0.121. The second-order valence-electron chi connectivity index (χ2n) is 6.36. The van der Waals surface area contributed by atoms with Crippen LogP contribution in [0.15, 0.2) is 24.3 Å². The number of nitrogens with one attached hydrogen (secondary N) is 1. The Hall–Kier alpha value is -1.95. The fourth-order valence-corrected chi connectivity index (χ4v) is 3.30. The van der Waals surface area contributed by atoms with E-state index < -0.39 is 0 Å². The average molecular weight is 315 g/mol. The summed E-state index contributed by atoms with van der Waals surface area (Å²) in [6, 6.07) is 8.36. The molecule has 1 heterocycles. The van der Waals surface area contributed by atoms with Crippen LogP contribution in [0.4, 0.5) is 0 Å². The third kappa shape index (κ3) is 4.07. The summed E-state index contributed by atoms with van der Waals surface area (Å²) in [6.45, 7) is 1.79. The molecule has 124 valence electrons. The number of benzene rings is 1. The summed E-state index contributed by atoms with van der Waals surface area (Å²) in [7, 11) is 2.16. The molecule has 1 N–H and O–H groups in total. The number of fused-ring (bicyclic) bond motifs is 1. The third-order valence-corrected chi connectivity index (χ3v) is 4.70. The molecule has 0 spiro atoms. The highest BCUT2D eigenvalue weighted by Gasteiger charge is 2.17. The number of hydrogen-bond donors (Lipinski definition) is 1. The zero-order chi connectivity index (χ0) is 16.1. The number of aromatic nitrogens is 3. The van der Waals surface area contributed by atoms with Gasteiger partial charge in [0.05, 0.1) is 5.52 Å². The van der Waals surface area contributed by atoms with E-state index in [1.54, 1.807) is 4.68 Å². The summed E-state index contributed by atoms with van der Waals surface area (Å²) in [5.74, 6) is -0.0160. The highest BCUT2D eigenvalue weighted by Crippen LogP contribution is 2.21. The summed E-state index contributed by atoms with van der Waals surface area (Å²) >= 11 is 0. The van der Waals surface area contributed by atoms with Crippen molar-refractivity contribution in [2.24, 2.45) is 0 Å². The van der Waals surface area contributed by atoms with Gasteiger partial charge in [0, 0.05) is 19.1 Å². The molecule has 1 fully saturated rings. The van der Waals surface area contributed by atoms with E-state index >= 15 is 0 Å². The molecule has 1 aliphatic rings. The van der Waals surface area contributed by atoms with Gasteiger partial charge in [0.25, 0.3) is 0 Å². The minimum absolute atomic E-state index is 0.0160. The highest BCUT2D eigenvalue weighted by atomic mass is 16.2. The van der Waals surface area contributed by atoms with Crippen molar-refractivity contribution in [1.82, 2.24) is 25.2 Å². The Balaban J connectivity index is 1.44. The van der Waals surface area contributed by atoms with Crippen LogP contribution in [0.3, 0.4) is 0 Å². The van der Waals surface area contributed by atoms with Crippen molar-refractivity contribution < 1.29 is 4.79 Å². The Morgan fingerprint density at radius 2 is 2.09 bits per heavy atom. The van der Waals surface area contributed by atoms with Crippen LogP contribution in [0, 0.1) is 0 Å². The van der Waals surface area contributed by atoms with Gasteiger partial charge in [0.15, 0.2) is 0 Å². The van der Waals surface area contributed by atoms with E-state index in [1.807, 2.05) is 24.3 Å². The Kier molecular flexibility index (Phi) is 5.23. The fraction of sp³-hybridized carbons (Fsp3) is 0.588. The lowest BCUT2D eigenvalue weighted by Crippen LogP contribution is -2.40. The van der Waals surface area contributed by atoms with Crippen LogP contribution < -0.4 is 5.32 Å². The molecule has 1 aromatic heterocycles. The van der Waals surface area contributed by atoms with Crippen molar-refractivity contribution in [1.29, 1.82) is 0 Å². The molecule has 0 unspecified atom stereocenters. The van der Waals surface area contributed by atoms with Gasteiger partial charge in [-0.15, -0.1) is 5.10 Å². The van der Waals surface area contributed by atoms with E-state index in [0.29, 0.717) is 12.6 Å². The zero-order valence-electron chi connectivity index (χ0n) is 13.7. The molecule has 2 aromatic rings. The van der Waals surface area contributed by atoms with E-state index in [1.165, 1.54) is 32.1 Å². The summed E-state index contributed by atoms with van der Waals surface area (Å²) in [5, 5.41) is 11.1. The third-order valence-electron chi connectivity index (χ3n) is 4.70. The maximum absolute atomic E-state index is 12.1. The molecule has 0 bridgehead atoms. The lowest BCUT2D eigenvalue weighted by Gasteiger charge is -2.31. The maximum atomic E-state index is 12.1. The van der Waals surface area contributed by atoms with Gasteiger partial charge in [-0.05, 0) is 32.0 Å². The molecule has 0 radical (unpaired) electrons.